The topological polar surface area (TPSA) is 93.3 Å². The van der Waals surface area contributed by atoms with Gasteiger partial charge in [0.1, 0.15) is 5.82 Å². The average molecular weight is 395 g/mol. The zero-order chi connectivity index (χ0) is 20.4. The van der Waals surface area contributed by atoms with Crippen LogP contribution in [0.4, 0.5) is 21.5 Å². The van der Waals surface area contributed by atoms with Gasteiger partial charge in [-0.15, -0.1) is 0 Å². The molecule has 4 rings (SSSR count). The normalized spacial score (nSPS) is 13.5. The molecule has 148 valence electrons. The molecule has 2 aromatic carbocycles. The fraction of sp³-hybridized carbons (Fsp3) is 0.200. The summed E-state index contributed by atoms with van der Waals surface area (Å²) in [6, 6.07) is 12.0. The first kappa shape index (κ1) is 18.6. The van der Waals surface area contributed by atoms with Crippen molar-refractivity contribution in [1.82, 2.24) is 9.78 Å². The average Bonchev–Trinajstić information content (AvgIpc) is 3.40. The van der Waals surface area contributed by atoms with Crippen LogP contribution in [0.1, 0.15) is 23.3 Å². The number of aromatic nitrogens is 2. The van der Waals surface area contributed by atoms with Gasteiger partial charge in [0.25, 0.3) is 11.6 Å². The van der Waals surface area contributed by atoms with Crippen LogP contribution in [-0.2, 0) is 0 Å². The molecule has 1 aliphatic heterocycles. The quantitative estimate of drug-likeness (QED) is 0.524. The van der Waals surface area contributed by atoms with Crippen LogP contribution in [0, 0.1) is 15.9 Å². The lowest BCUT2D eigenvalue weighted by Crippen LogP contribution is -2.19. The minimum atomic E-state index is -0.499. The molecule has 29 heavy (non-hydrogen) atoms. The van der Waals surface area contributed by atoms with Gasteiger partial charge in [0.2, 0.25) is 0 Å². The highest BCUT2D eigenvalue weighted by atomic mass is 19.1. The second-order valence-electron chi connectivity index (χ2n) is 6.74. The molecule has 1 fully saturated rings. The lowest BCUT2D eigenvalue weighted by atomic mass is 10.2. The third kappa shape index (κ3) is 3.93. The van der Waals surface area contributed by atoms with Crippen molar-refractivity contribution in [2.75, 3.05) is 23.3 Å². The number of benzene rings is 2. The van der Waals surface area contributed by atoms with E-state index >= 15 is 0 Å². The van der Waals surface area contributed by atoms with Crippen LogP contribution in [0.2, 0.25) is 0 Å². The maximum Gasteiger partial charge on any atom is 0.276 e. The summed E-state index contributed by atoms with van der Waals surface area (Å²) in [5.74, 6) is -0.880. The van der Waals surface area contributed by atoms with Gasteiger partial charge in [-0.3, -0.25) is 14.9 Å². The molecule has 1 amide bonds. The van der Waals surface area contributed by atoms with E-state index in [1.54, 1.807) is 24.3 Å². The van der Waals surface area contributed by atoms with Crippen molar-refractivity contribution < 1.29 is 14.1 Å². The van der Waals surface area contributed by atoms with E-state index in [1.165, 1.54) is 35.1 Å². The molecular weight excluding hydrogens is 377 g/mol. The second-order valence-corrected chi connectivity index (χ2v) is 6.74. The van der Waals surface area contributed by atoms with Gasteiger partial charge in [0.15, 0.2) is 5.69 Å². The molecule has 1 aliphatic rings. The third-order valence-electron chi connectivity index (χ3n) is 4.78. The molecule has 0 saturated carbocycles. The molecule has 0 bridgehead atoms. The highest BCUT2D eigenvalue weighted by Crippen LogP contribution is 2.26. The highest BCUT2D eigenvalue weighted by Gasteiger charge is 2.17. The Labute approximate surface area is 165 Å². The van der Waals surface area contributed by atoms with Gasteiger partial charge in [-0.25, -0.2) is 9.07 Å². The smallest absolute Gasteiger partial charge is 0.276 e. The molecule has 0 aliphatic carbocycles. The lowest BCUT2D eigenvalue weighted by molar-refractivity contribution is -0.384. The molecule has 3 aromatic rings. The van der Waals surface area contributed by atoms with E-state index in [-0.39, 0.29) is 17.2 Å². The van der Waals surface area contributed by atoms with Crippen molar-refractivity contribution in [1.29, 1.82) is 0 Å². The van der Waals surface area contributed by atoms with Gasteiger partial charge < -0.3 is 10.2 Å². The van der Waals surface area contributed by atoms with Crippen molar-refractivity contribution in [3.05, 3.63) is 76.4 Å². The maximum absolute atomic E-state index is 14.4. The molecule has 9 heteroatoms. The SMILES string of the molecule is O=C(Nc1ccc(N2CCCC2)c(F)c1)c1ccn(-c2cccc([N+](=O)[O-])c2)n1. The summed E-state index contributed by atoms with van der Waals surface area (Å²) in [7, 11) is 0. The van der Waals surface area contributed by atoms with Gasteiger partial charge in [0, 0.05) is 37.1 Å². The van der Waals surface area contributed by atoms with E-state index < -0.39 is 10.8 Å². The fourth-order valence-corrected chi connectivity index (χ4v) is 3.33. The van der Waals surface area contributed by atoms with Crippen LogP contribution in [0.25, 0.3) is 5.69 Å². The standard InChI is InChI=1S/C20H18FN5O3/c21-17-12-14(6-7-19(17)24-9-1-2-10-24)22-20(27)18-8-11-25(23-18)15-4-3-5-16(13-15)26(28)29/h3-8,11-13H,1-2,9-10H2,(H,22,27). The molecule has 2 heterocycles. The number of non-ortho nitro benzene ring substituents is 1. The number of hydrogen-bond acceptors (Lipinski definition) is 5. The summed E-state index contributed by atoms with van der Waals surface area (Å²) in [6.07, 6.45) is 3.63. The number of amides is 1. The summed E-state index contributed by atoms with van der Waals surface area (Å²) in [4.78, 5) is 24.9. The van der Waals surface area contributed by atoms with Crippen LogP contribution in [-0.4, -0.2) is 33.7 Å². The number of nitro benzene ring substituents is 1. The number of carbonyl (C=O) groups is 1. The fourth-order valence-electron chi connectivity index (χ4n) is 3.33. The molecule has 0 unspecified atom stereocenters. The van der Waals surface area contributed by atoms with Crippen molar-refractivity contribution in [2.24, 2.45) is 0 Å². The Morgan fingerprint density at radius 3 is 2.66 bits per heavy atom. The van der Waals surface area contributed by atoms with Crippen LogP contribution in [0.15, 0.2) is 54.7 Å². The Morgan fingerprint density at radius 1 is 1.14 bits per heavy atom. The van der Waals surface area contributed by atoms with Crippen molar-refractivity contribution in [3.63, 3.8) is 0 Å². The summed E-state index contributed by atoms with van der Waals surface area (Å²) in [5.41, 5.74) is 1.37. The summed E-state index contributed by atoms with van der Waals surface area (Å²) >= 11 is 0. The first-order chi connectivity index (χ1) is 14.0. The van der Waals surface area contributed by atoms with E-state index in [2.05, 4.69) is 10.4 Å². The minimum Gasteiger partial charge on any atom is -0.369 e. The van der Waals surface area contributed by atoms with Crippen LogP contribution < -0.4 is 10.2 Å². The molecule has 1 N–H and O–H groups in total. The number of halogens is 1. The largest absolute Gasteiger partial charge is 0.369 e. The number of hydrogen-bond donors (Lipinski definition) is 1. The monoisotopic (exact) mass is 395 g/mol. The van der Waals surface area contributed by atoms with E-state index in [0.717, 1.165) is 25.9 Å². The van der Waals surface area contributed by atoms with E-state index in [9.17, 15) is 19.3 Å². The second kappa shape index (κ2) is 7.70. The van der Waals surface area contributed by atoms with Crippen molar-refractivity contribution in [2.45, 2.75) is 12.8 Å². The van der Waals surface area contributed by atoms with Crippen LogP contribution in [0.3, 0.4) is 0 Å². The Kier molecular flexibility index (Phi) is 4.94. The van der Waals surface area contributed by atoms with Gasteiger partial charge in [-0.1, -0.05) is 6.07 Å². The lowest BCUT2D eigenvalue weighted by Gasteiger charge is -2.18. The van der Waals surface area contributed by atoms with Gasteiger partial charge in [-0.2, -0.15) is 5.10 Å². The molecule has 8 nitrogen and oxygen atoms in total. The predicted octanol–water partition coefficient (Wildman–Crippen LogP) is 3.77. The van der Waals surface area contributed by atoms with E-state index in [0.29, 0.717) is 17.1 Å². The summed E-state index contributed by atoms with van der Waals surface area (Å²) in [5, 5.41) is 17.7. The van der Waals surface area contributed by atoms with Gasteiger partial charge in [-0.05, 0) is 43.2 Å². The van der Waals surface area contributed by atoms with Gasteiger partial charge >= 0.3 is 0 Å². The Morgan fingerprint density at radius 2 is 1.93 bits per heavy atom. The molecule has 1 saturated heterocycles. The molecule has 0 atom stereocenters. The number of nitrogens with zero attached hydrogens (tertiary/aromatic N) is 4. The molecule has 1 aromatic heterocycles. The first-order valence-electron chi connectivity index (χ1n) is 9.17. The number of anilines is 2. The van der Waals surface area contributed by atoms with Crippen molar-refractivity contribution >= 4 is 23.0 Å². The number of nitrogens with one attached hydrogen (secondary N) is 1. The van der Waals surface area contributed by atoms with Crippen LogP contribution >= 0.6 is 0 Å². The van der Waals surface area contributed by atoms with E-state index in [1.807, 2.05) is 4.90 Å². The Balaban J connectivity index is 1.49. The van der Waals surface area contributed by atoms with Crippen LogP contribution in [0.5, 0.6) is 0 Å². The van der Waals surface area contributed by atoms with E-state index in [4.69, 9.17) is 0 Å². The first-order valence-corrected chi connectivity index (χ1v) is 9.17. The number of rotatable bonds is 5. The Hall–Kier alpha value is -3.75. The number of carbonyl (C=O) groups excluding carboxylic acids is 1. The number of nitro groups is 1. The molecular formula is C20H18FN5O3. The predicted molar refractivity (Wildman–Crippen MR) is 106 cm³/mol. The zero-order valence-electron chi connectivity index (χ0n) is 15.4. The zero-order valence-corrected chi connectivity index (χ0v) is 15.4. The van der Waals surface area contributed by atoms with Crippen molar-refractivity contribution in [3.8, 4) is 5.69 Å². The Bertz CT molecular complexity index is 1080. The summed E-state index contributed by atoms with van der Waals surface area (Å²) in [6.45, 7) is 1.66. The van der Waals surface area contributed by atoms with Gasteiger partial charge in [0.05, 0.1) is 16.3 Å². The summed E-state index contributed by atoms with van der Waals surface area (Å²) < 4.78 is 15.8. The molecule has 0 radical (unpaired) electrons. The minimum absolute atomic E-state index is 0.0717. The molecule has 0 spiro atoms. The maximum atomic E-state index is 14.4. The third-order valence-corrected chi connectivity index (χ3v) is 4.78. The highest BCUT2D eigenvalue weighted by molar-refractivity contribution is 6.02.